The van der Waals surface area contributed by atoms with Crippen molar-refractivity contribution in [3.8, 4) is 5.75 Å². The van der Waals surface area contributed by atoms with Crippen LogP contribution < -0.4 is 15.4 Å². The lowest BCUT2D eigenvalue weighted by Gasteiger charge is -2.22. The maximum atomic E-state index is 12.1. The van der Waals surface area contributed by atoms with Crippen LogP contribution in [0.3, 0.4) is 0 Å². The number of carbonyl (C=O) groups excluding carboxylic acids is 1. The van der Waals surface area contributed by atoms with Crippen molar-refractivity contribution in [2.24, 2.45) is 5.92 Å². The van der Waals surface area contributed by atoms with E-state index in [9.17, 15) is 4.79 Å². The van der Waals surface area contributed by atoms with Crippen LogP contribution in [0, 0.1) is 5.92 Å². The lowest BCUT2D eigenvalue weighted by Crippen LogP contribution is -2.31. The van der Waals surface area contributed by atoms with Gasteiger partial charge in [0.2, 0.25) is 5.91 Å². The molecule has 2 aliphatic heterocycles. The first-order chi connectivity index (χ1) is 9.83. The fraction of sp³-hybridized carbons (Fsp3) is 0.562. The third-order valence-electron chi connectivity index (χ3n) is 4.27. The molecule has 2 N–H and O–H groups in total. The molecule has 3 rings (SSSR count). The Morgan fingerprint density at radius 2 is 2.05 bits per heavy atom. The van der Waals surface area contributed by atoms with Gasteiger partial charge in [-0.15, -0.1) is 12.4 Å². The zero-order valence-corrected chi connectivity index (χ0v) is 13.0. The van der Waals surface area contributed by atoms with Crippen molar-refractivity contribution < 1.29 is 9.53 Å². The van der Waals surface area contributed by atoms with Gasteiger partial charge in [0.05, 0.1) is 6.04 Å². The number of benzene rings is 1. The summed E-state index contributed by atoms with van der Waals surface area (Å²) in [6.07, 6.45) is 4.03. The molecular formula is C16H23ClN2O2. The van der Waals surface area contributed by atoms with Gasteiger partial charge in [-0.1, -0.05) is 18.2 Å². The molecular weight excluding hydrogens is 288 g/mol. The molecule has 0 spiro atoms. The average molecular weight is 311 g/mol. The van der Waals surface area contributed by atoms with Gasteiger partial charge in [0.1, 0.15) is 12.4 Å². The molecule has 1 amide bonds. The Morgan fingerprint density at radius 3 is 2.86 bits per heavy atom. The second kappa shape index (κ2) is 7.66. The van der Waals surface area contributed by atoms with Crippen molar-refractivity contribution in [3.63, 3.8) is 0 Å². The Morgan fingerprint density at radius 1 is 1.29 bits per heavy atom. The van der Waals surface area contributed by atoms with Crippen LogP contribution in [0.4, 0.5) is 0 Å². The first-order valence-electron chi connectivity index (χ1n) is 7.55. The Bertz CT molecular complexity index is 475. The van der Waals surface area contributed by atoms with Gasteiger partial charge in [0.25, 0.3) is 0 Å². The molecule has 0 saturated carbocycles. The van der Waals surface area contributed by atoms with Crippen molar-refractivity contribution in [1.29, 1.82) is 0 Å². The number of rotatable bonds is 4. The normalized spacial score (nSPS) is 21.0. The maximum absolute atomic E-state index is 12.1. The second-order valence-electron chi connectivity index (χ2n) is 5.70. The van der Waals surface area contributed by atoms with Gasteiger partial charge in [-0.3, -0.25) is 4.79 Å². The number of halogens is 1. The summed E-state index contributed by atoms with van der Waals surface area (Å²) in [5.74, 6) is 1.75. The summed E-state index contributed by atoms with van der Waals surface area (Å²) in [7, 11) is 0. The summed E-state index contributed by atoms with van der Waals surface area (Å²) >= 11 is 0. The van der Waals surface area contributed by atoms with E-state index >= 15 is 0 Å². The van der Waals surface area contributed by atoms with Crippen LogP contribution >= 0.6 is 12.4 Å². The summed E-state index contributed by atoms with van der Waals surface area (Å²) in [5.41, 5.74) is 1.10. The van der Waals surface area contributed by atoms with Gasteiger partial charge in [-0.05, 0) is 44.3 Å². The van der Waals surface area contributed by atoms with E-state index in [1.807, 2.05) is 24.3 Å². The van der Waals surface area contributed by atoms with Crippen molar-refractivity contribution in [3.05, 3.63) is 29.8 Å². The molecule has 0 bridgehead atoms. The molecule has 1 unspecified atom stereocenters. The standard InChI is InChI=1S/C16H22N2O2.ClH/c19-16(6-5-12-7-9-17-10-8-12)18-14-11-20-15-4-2-1-3-13(14)15;/h1-4,12,14,17H,5-11H2,(H,18,19);1H. The molecule has 5 heteroatoms. The SMILES string of the molecule is Cl.O=C(CCC1CCNCC1)NC1COc2ccccc21. The molecule has 116 valence electrons. The molecule has 1 saturated heterocycles. The highest BCUT2D eigenvalue weighted by Gasteiger charge is 2.25. The van der Waals surface area contributed by atoms with Crippen LogP contribution in [0.25, 0.3) is 0 Å². The minimum Gasteiger partial charge on any atom is -0.491 e. The van der Waals surface area contributed by atoms with Crippen molar-refractivity contribution in [2.75, 3.05) is 19.7 Å². The van der Waals surface area contributed by atoms with E-state index in [4.69, 9.17) is 4.74 Å². The van der Waals surface area contributed by atoms with Crippen LogP contribution in [0.15, 0.2) is 24.3 Å². The Balaban J connectivity index is 0.00000161. The predicted molar refractivity (Wildman–Crippen MR) is 84.9 cm³/mol. The predicted octanol–water partition coefficient (Wildman–Crippen LogP) is 2.44. The van der Waals surface area contributed by atoms with Gasteiger partial charge in [-0.25, -0.2) is 0 Å². The minimum atomic E-state index is 0. The Hall–Kier alpha value is -1.26. The minimum absolute atomic E-state index is 0. The van der Waals surface area contributed by atoms with E-state index < -0.39 is 0 Å². The quantitative estimate of drug-likeness (QED) is 0.898. The van der Waals surface area contributed by atoms with E-state index in [0.29, 0.717) is 18.9 Å². The smallest absolute Gasteiger partial charge is 0.220 e. The van der Waals surface area contributed by atoms with E-state index in [-0.39, 0.29) is 24.4 Å². The zero-order chi connectivity index (χ0) is 13.8. The number of para-hydroxylation sites is 1. The average Bonchev–Trinajstić information content (AvgIpc) is 2.90. The largest absolute Gasteiger partial charge is 0.491 e. The van der Waals surface area contributed by atoms with Crippen LogP contribution in [0.2, 0.25) is 0 Å². The Kier molecular flexibility index (Phi) is 5.88. The lowest BCUT2D eigenvalue weighted by atomic mass is 9.93. The summed E-state index contributed by atoms with van der Waals surface area (Å²) < 4.78 is 5.58. The number of hydrogen-bond donors (Lipinski definition) is 2. The van der Waals surface area contributed by atoms with Crippen molar-refractivity contribution >= 4 is 18.3 Å². The first kappa shape index (κ1) is 16.1. The maximum Gasteiger partial charge on any atom is 0.220 e. The molecule has 0 aliphatic carbocycles. The van der Waals surface area contributed by atoms with Gasteiger partial charge in [0, 0.05) is 12.0 Å². The molecule has 2 heterocycles. The van der Waals surface area contributed by atoms with E-state index in [1.165, 1.54) is 12.8 Å². The summed E-state index contributed by atoms with van der Waals surface area (Å²) in [4.78, 5) is 12.1. The Labute approximate surface area is 132 Å². The van der Waals surface area contributed by atoms with E-state index in [0.717, 1.165) is 30.8 Å². The number of nitrogens with one attached hydrogen (secondary N) is 2. The molecule has 4 nitrogen and oxygen atoms in total. The highest BCUT2D eigenvalue weighted by Crippen LogP contribution is 2.31. The molecule has 1 fully saturated rings. The van der Waals surface area contributed by atoms with Crippen molar-refractivity contribution in [2.45, 2.75) is 31.7 Å². The zero-order valence-electron chi connectivity index (χ0n) is 12.1. The molecule has 1 aromatic rings. The third-order valence-corrected chi connectivity index (χ3v) is 4.27. The van der Waals surface area contributed by atoms with E-state index in [2.05, 4.69) is 10.6 Å². The summed E-state index contributed by atoms with van der Waals surface area (Å²) in [5, 5.41) is 6.45. The fourth-order valence-electron chi connectivity index (χ4n) is 3.05. The molecule has 21 heavy (non-hydrogen) atoms. The molecule has 0 radical (unpaired) electrons. The van der Waals surface area contributed by atoms with Crippen molar-refractivity contribution in [1.82, 2.24) is 10.6 Å². The monoisotopic (exact) mass is 310 g/mol. The van der Waals surface area contributed by atoms with Crippen LogP contribution in [0.5, 0.6) is 5.75 Å². The summed E-state index contributed by atoms with van der Waals surface area (Å²) in [6, 6.07) is 7.95. The van der Waals surface area contributed by atoms with Crippen LogP contribution in [-0.2, 0) is 4.79 Å². The molecule has 1 atom stereocenters. The number of fused-ring (bicyclic) bond motifs is 1. The molecule has 2 aliphatic rings. The van der Waals surface area contributed by atoms with Crippen LogP contribution in [-0.4, -0.2) is 25.6 Å². The number of amides is 1. The van der Waals surface area contributed by atoms with Gasteiger partial charge < -0.3 is 15.4 Å². The lowest BCUT2D eigenvalue weighted by molar-refractivity contribution is -0.122. The van der Waals surface area contributed by atoms with E-state index in [1.54, 1.807) is 0 Å². The topological polar surface area (TPSA) is 50.4 Å². The fourth-order valence-corrected chi connectivity index (χ4v) is 3.05. The highest BCUT2D eigenvalue weighted by molar-refractivity contribution is 5.85. The molecule has 0 aromatic heterocycles. The molecule has 1 aromatic carbocycles. The number of piperidine rings is 1. The van der Waals surface area contributed by atoms with Crippen LogP contribution in [0.1, 0.15) is 37.3 Å². The number of hydrogen-bond acceptors (Lipinski definition) is 3. The highest BCUT2D eigenvalue weighted by atomic mass is 35.5. The third kappa shape index (κ3) is 4.11. The summed E-state index contributed by atoms with van der Waals surface area (Å²) in [6.45, 7) is 2.74. The first-order valence-corrected chi connectivity index (χ1v) is 7.55. The van der Waals surface area contributed by atoms with Gasteiger partial charge in [0.15, 0.2) is 0 Å². The van der Waals surface area contributed by atoms with Gasteiger partial charge in [-0.2, -0.15) is 0 Å². The number of ether oxygens (including phenoxy) is 1. The number of carbonyl (C=O) groups is 1. The van der Waals surface area contributed by atoms with Gasteiger partial charge >= 0.3 is 0 Å². The second-order valence-corrected chi connectivity index (χ2v) is 5.70.